The smallest absolute Gasteiger partial charge is 0.145 e. The summed E-state index contributed by atoms with van der Waals surface area (Å²) in [5.74, 6) is 0. The third-order valence-electron chi connectivity index (χ3n) is 4.17. The van der Waals surface area contributed by atoms with Crippen LogP contribution in [0, 0.1) is 0 Å². The molecule has 0 saturated heterocycles. The first kappa shape index (κ1) is 13.8. The molecule has 0 aromatic heterocycles. The van der Waals surface area contributed by atoms with Crippen molar-refractivity contribution in [2.24, 2.45) is 4.99 Å². The summed E-state index contributed by atoms with van der Waals surface area (Å²) in [5, 5.41) is 5.94. The first-order valence-electron chi connectivity index (χ1n) is 7.87. The van der Waals surface area contributed by atoms with Crippen molar-refractivity contribution in [2.75, 3.05) is 0 Å². The zero-order chi connectivity index (χ0) is 15.6. The lowest BCUT2D eigenvalue weighted by atomic mass is 9.99. The number of benzene rings is 3. The monoisotopic (exact) mass is 298 g/mol. The van der Waals surface area contributed by atoms with E-state index in [2.05, 4.69) is 85.0 Å². The predicted octanol–water partition coefficient (Wildman–Crippen LogP) is 4.83. The lowest BCUT2D eigenvalue weighted by molar-refractivity contribution is 0.620. The number of allylic oxidation sites excluding steroid dienone is 2. The fourth-order valence-corrected chi connectivity index (χ4v) is 3.06. The Balaban J connectivity index is 1.84. The van der Waals surface area contributed by atoms with Gasteiger partial charge in [0.05, 0.1) is 5.71 Å². The zero-order valence-corrected chi connectivity index (χ0v) is 13.0. The molecule has 1 unspecified atom stereocenters. The Morgan fingerprint density at radius 2 is 1.57 bits per heavy atom. The van der Waals surface area contributed by atoms with E-state index in [1.165, 1.54) is 21.9 Å². The number of nitrogens with one attached hydrogen (secondary N) is 1. The van der Waals surface area contributed by atoms with Crippen molar-refractivity contribution in [3.63, 3.8) is 0 Å². The minimum absolute atomic E-state index is 0.0323. The highest BCUT2D eigenvalue weighted by Crippen LogP contribution is 2.25. The van der Waals surface area contributed by atoms with E-state index in [4.69, 9.17) is 4.99 Å². The summed E-state index contributed by atoms with van der Waals surface area (Å²) in [7, 11) is 0. The minimum Gasteiger partial charge on any atom is -0.364 e. The van der Waals surface area contributed by atoms with Crippen molar-refractivity contribution < 1.29 is 0 Å². The maximum Gasteiger partial charge on any atom is 0.145 e. The fourth-order valence-electron chi connectivity index (χ4n) is 3.06. The highest BCUT2D eigenvalue weighted by atomic mass is 15.1. The van der Waals surface area contributed by atoms with Crippen LogP contribution in [-0.4, -0.2) is 5.71 Å². The van der Waals surface area contributed by atoms with E-state index < -0.39 is 0 Å². The topological polar surface area (TPSA) is 24.4 Å². The summed E-state index contributed by atoms with van der Waals surface area (Å²) in [6.07, 6.45) is 2.09. The lowest BCUT2D eigenvalue weighted by Crippen LogP contribution is -2.24. The van der Waals surface area contributed by atoms with E-state index in [0.717, 1.165) is 11.4 Å². The van der Waals surface area contributed by atoms with Gasteiger partial charge < -0.3 is 5.32 Å². The van der Waals surface area contributed by atoms with Crippen LogP contribution in [-0.2, 0) is 0 Å². The summed E-state index contributed by atoms with van der Waals surface area (Å²) in [5.41, 5.74) is 4.53. The molecular formula is C21H18N2. The average molecular weight is 298 g/mol. The van der Waals surface area contributed by atoms with Gasteiger partial charge in [-0.2, -0.15) is 0 Å². The third kappa shape index (κ3) is 2.64. The Morgan fingerprint density at radius 3 is 2.43 bits per heavy atom. The van der Waals surface area contributed by atoms with Gasteiger partial charge in [0.15, 0.2) is 0 Å². The number of rotatable bonds is 2. The standard InChI is InChI=1S/C21H18N2/c1-15-14-20(23-21(22-15)17-9-3-2-4-10-17)19-13-7-11-16-8-5-6-12-18(16)19/h2-14,21-22H,1H3. The molecule has 0 bridgehead atoms. The molecule has 2 heteroatoms. The van der Waals surface area contributed by atoms with E-state index >= 15 is 0 Å². The largest absolute Gasteiger partial charge is 0.364 e. The van der Waals surface area contributed by atoms with Crippen LogP contribution >= 0.6 is 0 Å². The molecule has 1 N–H and O–H groups in total. The third-order valence-corrected chi connectivity index (χ3v) is 4.17. The van der Waals surface area contributed by atoms with Gasteiger partial charge in [-0.1, -0.05) is 72.8 Å². The van der Waals surface area contributed by atoms with E-state index in [-0.39, 0.29) is 6.17 Å². The van der Waals surface area contributed by atoms with Gasteiger partial charge >= 0.3 is 0 Å². The minimum atomic E-state index is -0.0323. The van der Waals surface area contributed by atoms with Gasteiger partial charge in [0.2, 0.25) is 0 Å². The second-order valence-electron chi connectivity index (χ2n) is 5.83. The molecule has 0 radical (unpaired) electrons. The summed E-state index contributed by atoms with van der Waals surface area (Å²) in [4.78, 5) is 4.95. The number of fused-ring (bicyclic) bond motifs is 1. The first-order valence-corrected chi connectivity index (χ1v) is 7.87. The van der Waals surface area contributed by atoms with Crippen LogP contribution in [0.1, 0.15) is 24.2 Å². The van der Waals surface area contributed by atoms with Gasteiger partial charge in [-0.25, -0.2) is 0 Å². The van der Waals surface area contributed by atoms with E-state index in [1.807, 2.05) is 6.07 Å². The summed E-state index contributed by atoms with van der Waals surface area (Å²) in [6.45, 7) is 2.09. The summed E-state index contributed by atoms with van der Waals surface area (Å²) in [6, 6.07) is 25.2. The Labute approximate surface area is 136 Å². The molecule has 1 heterocycles. The number of hydrogen-bond donors (Lipinski definition) is 1. The van der Waals surface area contributed by atoms with Crippen molar-refractivity contribution in [1.82, 2.24) is 5.32 Å². The van der Waals surface area contributed by atoms with Gasteiger partial charge in [-0.15, -0.1) is 0 Å². The van der Waals surface area contributed by atoms with Crippen LogP contribution in [0.25, 0.3) is 10.8 Å². The van der Waals surface area contributed by atoms with Crippen LogP contribution in [0.15, 0.2) is 89.6 Å². The molecule has 3 aromatic rings. The molecule has 112 valence electrons. The second-order valence-corrected chi connectivity index (χ2v) is 5.83. The Bertz CT molecular complexity index is 902. The highest BCUT2D eigenvalue weighted by molar-refractivity contribution is 6.17. The summed E-state index contributed by atoms with van der Waals surface area (Å²) >= 11 is 0. The quantitative estimate of drug-likeness (QED) is 0.719. The Morgan fingerprint density at radius 1 is 0.826 bits per heavy atom. The maximum absolute atomic E-state index is 4.95. The van der Waals surface area contributed by atoms with Crippen LogP contribution in [0.4, 0.5) is 0 Å². The molecule has 0 aliphatic carbocycles. The molecule has 1 atom stereocenters. The van der Waals surface area contributed by atoms with E-state index in [9.17, 15) is 0 Å². The number of hydrogen-bond acceptors (Lipinski definition) is 2. The molecule has 1 aliphatic rings. The SMILES string of the molecule is CC1=CC(c2cccc3ccccc23)=NC(c2ccccc2)N1. The predicted molar refractivity (Wildman–Crippen MR) is 96.6 cm³/mol. The molecule has 3 aromatic carbocycles. The molecule has 0 fully saturated rings. The summed E-state index contributed by atoms with van der Waals surface area (Å²) < 4.78 is 0. The van der Waals surface area contributed by atoms with Crippen LogP contribution in [0.2, 0.25) is 0 Å². The van der Waals surface area contributed by atoms with E-state index in [0.29, 0.717) is 0 Å². The first-order chi connectivity index (χ1) is 11.3. The van der Waals surface area contributed by atoms with Gasteiger partial charge in [-0.05, 0) is 29.3 Å². The van der Waals surface area contributed by atoms with Gasteiger partial charge in [-0.3, -0.25) is 4.99 Å². The molecule has 4 rings (SSSR count). The van der Waals surface area contributed by atoms with Crippen molar-refractivity contribution in [2.45, 2.75) is 13.1 Å². The molecule has 0 amide bonds. The van der Waals surface area contributed by atoms with Crippen LogP contribution < -0.4 is 5.32 Å². The van der Waals surface area contributed by atoms with Gasteiger partial charge in [0.25, 0.3) is 0 Å². The highest BCUT2D eigenvalue weighted by Gasteiger charge is 2.17. The number of nitrogens with zero attached hydrogens (tertiary/aromatic N) is 1. The Hall–Kier alpha value is -2.87. The van der Waals surface area contributed by atoms with E-state index in [1.54, 1.807) is 0 Å². The number of aliphatic imine (C=N–C) groups is 1. The molecule has 0 spiro atoms. The van der Waals surface area contributed by atoms with Crippen LogP contribution in [0.5, 0.6) is 0 Å². The molecule has 23 heavy (non-hydrogen) atoms. The Kier molecular flexibility index (Phi) is 3.43. The average Bonchev–Trinajstić information content (AvgIpc) is 2.61. The lowest BCUT2D eigenvalue weighted by Gasteiger charge is -2.23. The maximum atomic E-state index is 4.95. The van der Waals surface area contributed by atoms with Gasteiger partial charge in [0, 0.05) is 11.3 Å². The van der Waals surface area contributed by atoms with Crippen molar-refractivity contribution >= 4 is 16.5 Å². The molecular weight excluding hydrogens is 280 g/mol. The van der Waals surface area contributed by atoms with Crippen molar-refractivity contribution in [3.8, 4) is 0 Å². The normalized spacial score (nSPS) is 17.3. The molecule has 1 aliphatic heterocycles. The van der Waals surface area contributed by atoms with Crippen LogP contribution in [0.3, 0.4) is 0 Å². The molecule has 2 nitrogen and oxygen atoms in total. The van der Waals surface area contributed by atoms with Crippen molar-refractivity contribution in [3.05, 3.63) is 95.7 Å². The van der Waals surface area contributed by atoms with Crippen molar-refractivity contribution in [1.29, 1.82) is 0 Å². The molecule has 0 saturated carbocycles. The second kappa shape index (κ2) is 5.73. The zero-order valence-electron chi connectivity index (χ0n) is 13.0. The van der Waals surface area contributed by atoms with Gasteiger partial charge in [0.1, 0.15) is 6.17 Å². The fraction of sp³-hybridized carbons (Fsp3) is 0.0952.